The molecule has 1 heterocycles. The van der Waals surface area contributed by atoms with Gasteiger partial charge in [0.15, 0.2) is 0 Å². The van der Waals surface area contributed by atoms with Gasteiger partial charge in [-0.2, -0.15) is 0 Å². The van der Waals surface area contributed by atoms with Crippen LogP contribution in [0.1, 0.15) is 41.0 Å². The number of hydrogen-bond donors (Lipinski definition) is 0. The minimum Gasteiger partial charge on any atom is -0.467 e. The van der Waals surface area contributed by atoms with Gasteiger partial charge in [0.2, 0.25) is 0 Å². The van der Waals surface area contributed by atoms with Crippen LogP contribution in [0.15, 0.2) is 0 Å². The molecule has 1 aromatic rings. The Balaban J connectivity index is 2.63. The molecule has 0 aromatic heterocycles. The molecule has 130 valence electrons. The molecule has 0 spiro atoms. The summed E-state index contributed by atoms with van der Waals surface area (Å²) >= 11 is 24.1. The van der Waals surface area contributed by atoms with Gasteiger partial charge in [0.05, 0.1) is 38.3 Å². The monoisotopic (exact) mass is 411 g/mol. The SMILES string of the molecule is COC(=O)[C@@H](CC(C)C)N1C(=O)c2c(Cl)c(Cl)c(Cl)c(Cl)c2C1=O. The van der Waals surface area contributed by atoms with Crippen molar-refractivity contribution in [2.45, 2.75) is 26.3 Å². The molecule has 0 saturated carbocycles. The standard InChI is InChI=1S/C15H13Cl4NO4/c1-5(2)4-6(15(23)24-3)20-13(21)7-8(14(20)22)10(17)12(19)11(18)9(7)16/h5-6H,4H2,1-3H3/t6-/m1/s1. The molecule has 2 amide bonds. The molecule has 0 unspecified atom stereocenters. The molecule has 24 heavy (non-hydrogen) atoms. The van der Waals surface area contributed by atoms with E-state index >= 15 is 0 Å². The van der Waals surface area contributed by atoms with Crippen LogP contribution in [0.4, 0.5) is 0 Å². The number of carbonyl (C=O) groups excluding carboxylic acids is 3. The molecular formula is C15H13Cl4NO4. The highest BCUT2D eigenvalue weighted by Crippen LogP contribution is 2.45. The zero-order valence-corrected chi connectivity index (χ0v) is 16.0. The number of rotatable bonds is 4. The third kappa shape index (κ3) is 2.99. The summed E-state index contributed by atoms with van der Waals surface area (Å²) in [5.74, 6) is -2.19. The fourth-order valence-corrected chi connectivity index (χ4v) is 3.55. The number of carbonyl (C=O) groups is 3. The van der Waals surface area contributed by atoms with Gasteiger partial charge < -0.3 is 4.74 Å². The number of nitrogens with zero attached hydrogens (tertiary/aromatic N) is 1. The molecule has 0 bridgehead atoms. The van der Waals surface area contributed by atoms with Crippen LogP contribution in [0.25, 0.3) is 0 Å². The Morgan fingerprint density at radius 1 is 0.958 bits per heavy atom. The number of halogens is 4. The number of methoxy groups -OCH3 is 1. The number of hydrogen-bond acceptors (Lipinski definition) is 4. The maximum Gasteiger partial charge on any atom is 0.329 e. The predicted molar refractivity (Wildman–Crippen MR) is 92.2 cm³/mol. The lowest BCUT2D eigenvalue weighted by Crippen LogP contribution is -2.46. The number of ether oxygens (including phenoxy) is 1. The van der Waals surface area contributed by atoms with Gasteiger partial charge in [-0.05, 0) is 12.3 Å². The minimum absolute atomic E-state index is 0.0246. The Morgan fingerprint density at radius 3 is 1.71 bits per heavy atom. The number of amides is 2. The lowest BCUT2D eigenvalue weighted by atomic mass is 10.0. The van der Waals surface area contributed by atoms with E-state index in [0.29, 0.717) is 0 Å². The normalized spacial score (nSPS) is 15.1. The van der Waals surface area contributed by atoms with Gasteiger partial charge in [0.25, 0.3) is 11.8 Å². The lowest BCUT2D eigenvalue weighted by Gasteiger charge is -2.25. The zero-order valence-electron chi connectivity index (χ0n) is 13.0. The highest BCUT2D eigenvalue weighted by atomic mass is 35.5. The largest absolute Gasteiger partial charge is 0.467 e. The van der Waals surface area contributed by atoms with E-state index in [0.717, 1.165) is 4.90 Å². The van der Waals surface area contributed by atoms with Crippen molar-refractivity contribution in [3.05, 3.63) is 31.2 Å². The van der Waals surface area contributed by atoms with E-state index in [2.05, 4.69) is 0 Å². The molecule has 1 aromatic carbocycles. The van der Waals surface area contributed by atoms with Crippen molar-refractivity contribution in [1.82, 2.24) is 4.90 Å². The molecule has 0 radical (unpaired) electrons. The average molecular weight is 413 g/mol. The lowest BCUT2D eigenvalue weighted by molar-refractivity contribution is -0.145. The van der Waals surface area contributed by atoms with Gasteiger partial charge in [-0.25, -0.2) is 4.79 Å². The average Bonchev–Trinajstić information content (AvgIpc) is 2.78. The van der Waals surface area contributed by atoms with E-state index in [1.54, 1.807) is 0 Å². The number of fused-ring (bicyclic) bond motifs is 1. The van der Waals surface area contributed by atoms with Crippen molar-refractivity contribution < 1.29 is 19.1 Å². The maximum atomic E-state index is 12.7. The van der Waals surface area contributed by atoms with Crippen LogP contribution in [-0.4, -0.2) is 35.8 Å². The van der Waals surface area contributed by atoms with Crippen LogP contribution in [-0.2, 0) is 9.53 Å². The quantitative estimate of drug-likeness (QED) is 0.316. The maximum absolute atomic E-state index is 12.7. The molecular weight excluding hydrogens is 400 g/mol. The molecule has 2 rings (SSSR count). The summed E-state index contributed by atoms with van der Waals surface area (Å²) in [6.45, 7) is 3.70. The molecule has 1 atom stereocenters. The van der Waals surface area contributed by atoms with E-state index in [1.807, 2.05) is 13.8 Å². The molecule has 0 aliphatic carbocycles. The van der Waals surface area contributed by atoms with Crippen LogP contribution in [0, 0.1) is 5.92 Å². The van der Waals surface area contributed by atoms with Gasteiger partial charge in [0, 0.05) is 0 Å². The van der Waals surface area contributed by atoms with Crippen molar-refractivity contribution in [3.8, 4) is 0 Å². The Hall–Kier alpha value is -1.01. The third-order valence-electron chi connectivity index (χ3n) is 3.61. The summed E-state index contributed by atoms with van der Waals surface area (Å²) < 4.78 is 4.73. The summed E-state index contributed by atoms with van der Waals surface area (Å²) in [6, 6.07) is -1.09. The second kappa shape index (κ2) is 7.08. The van der Waals surface area contributed by atoms with Crippen molar-refractivity contribution in [3.63, 3.8) is 0 Å². The first kappa shape index (κ1) is 19.3. The van der Waals surface area contributed by atoms with E-state index in [9.17, 15) is 14.4 Å². The first-order valence-electron chi connectivity index (χ1n) is 6.95. The number of imide groups is 1. The Labute approximate surface area is 158 Å². The van der Waals surface area contributed by atoms with Crippen LogP contribution in [0.5, 0.6) is 0 Å². The predicted octanol–water partition coefficient (Wildman–Crippen LogP) is 4.48. The smallest absolute Gasteiger partial charge is 0.329 e. The van der Waals surface area contributed by atoms with E-state index < -0.39 is 23.8 Å². The number of benzene rings is 1. The zero-order chi connectivity index (χ0) is 18.3. The fourth-order valence-electron chi connectivity index (χ4n) is 2.54. The Morgan fingerprint density at radius 2 is 1.38 bits per heavy atom. The first-order chi connectivity index (χ1) is 11.1. The van der Waals surface area contributed by atoms with Gasteiger partial charge in [-0.1, -0.05) is 60.3 Å². The molecule has 9 heteroatoms. The second-order valence-corrected chi connectivity index (χ2v) is 7.17. The molecule has 0 N–H and O–H groups in total. The van der Waals surface area contributed by atoms with Crippen molar-refractivity contribution in [2.75, 3.05) is 7.11 Å². The summed E-state index contributed by atoms with van der Waals surface area (Å²) in [5, 5.41) is -0.586. The van der Waals surface area contributed by atoms with Crippen molar-refractivity contribution in [1.29, 1.82) is 0 Å². The van der Waals surface area contributed by atoms with Crippen LogP contribution in [0.2, 0.25) is 20.1 Å². The van der Waals surface area contributed by atoms with Gasteiger partial charge in [-0.3, -0.25) is 14.5 Å². The van der Waals surface area contributed by atoms with Gasteiger partial charge in [0.1, 0.15) is 6.04 Å². The van der Waals surface area contributed by atoms with Crippen LogP contribution < -0.4 is 0 Å². The van der Waals surface area contributed by atoms with Crippen molar-refractivity contribution >= 4 is 64.2 Å². The topological polar surface area (TPSA) is 63.7 Å². The van der Waals surface area contributed by atoms with E-state index in [-0.39, 0.29) is 43.6 Å². The molecule has 1 aliphatic rings. The molecule has 0 saturated heterocycles. The summed E-state index contributed by atoms with van der Waals surface area (Å²) in [7, 11) is 1.18. The summed E-state index contributed by atoms with van der Waals surface area (Å²) in [5.41, 5.74) is -0.308. The Kier molecular flexibility index (Phi) is 5.70. The van der Waals surface area contributed by atoms with E-state index in [1.165, 1.54) is 7.11 Å². The summed E-state index contributed by atoms with van der Waals surface area (Å²) in [6.07, 6.45) is 0.231. The fraction of sp³-hybridized carbons (Fsp3) is 0.400. The summed E-state index contributed by atoms with van der Waals surface area (Å²) in [4.78, 5) is 38.4. The minimum atomic E-state index is -1.09. The Bertz CT molecular complexity index is 701. The molecule has 1 aliphatic heterocycles. The molecule has 0 fully saturated rings. The highest BCUT2D eigenvalue weighted by Gasteiger charge is 2.47. The van der Waals surface area contributed by atoms with Gasteiger partial charge in [-0.15, -0.1) is 0 Å². The first-order valence-corrected chi connectivity index (χ1v) is 8.46. The third-order valence-corrected chi connectivity index (χ3v) is 5.41. The number of esters is 1. The second-order valence-electron chi connectivity index (χ2n) is 5.65. The van der Waals surface area contributed by atoms with Crippen LogP contribution >= 0.6 is 46.4 Å². The highest BCUT2D eigenvalue weighted by molar-refractivity contribution is 6.55. The van der Waals surface area contributed by atoms with Gasteiger partial charge >= 0.3 is 5.97 Å². The van der Waals surface area contributed by atoms with E-state index in [4.69, 9.17) is 51.1 Å². The van der Waals surface area contributed by atoms with Crippen LogP contribution in [0.3, 0.4) is 0 Å². The van der Waals surface area contributed by atoms with Crippen molar-refractivity contribution in [2.24, 2.45) is 5.92 Å². The molecule has 5 nitrogen and oxygen atoms in total.